The van der Waals surface area contributed by atoms with E-state index in [4.69, 9.17) is 10.5 Å². The van der Waals surface area contributed by atoms with Crippen LogP contribution in [0.4, 0.5) is 5.69 Å². The first kappa shape index (κ1) is 17.2. The average Bonchev–Trinajstić information content (AvgIpc) is 3.05. The zero-order chi connectivity index (χ0) is 18.8. The van der Waals surface area contributed by atoms with Crippen LogP contribution in [0, 0.1) is 17.8 Å². The number of hydrogen-bond acceptors (Lipinski definition) is 4. The van der Waals surface area contributed by atoms with Crippen LogP contribution in [0.1, 0.15) is 67.6 Å². The van der Waals surface area contributed by atoms with Gasteiger partial charge in [0, 0.05) is 24.2 Å². The van der Waals surface area contributed by atoms with E-state index in [1.807, 2.05) is 0 Å². The van der Waals surface area contributed by atoms with Crippen molar-refractivity contribution in [1.29, 1.82) is 0 Å². The number of aromatic nitrogens is 1. The number of pyridine rings is 1. The lowest BCUT2D eigenvalue weighted by Gasteiger charge is -2.60. The summed E-state index contributed by atoms with van der Waals surface area (Å²) in [6, 6.07) is 0.393. The highest BCUT2D eigenvalue weighted by molar-refractivity contribution is 6.00. The van der Waals surface area contributed by atoms with Crippen molar-refractivity contribution >= 4 is 17.7 Å². The van der Waals surface area contributed by atoms with Gasteiger partial charge in [0.15, 0.2) is 0 Å². The maximum Gasteiger partial charge on any atom is 0.252 e. The second-order valence-corrected chi connectivity index (χ2v) is 9.37. The van der Waals surface area contributed by atoms with Crippen molar-refractivity contribution < 1.29 is 9.53 Å². The Morgan fingerprint density at radius 1 is 1.30 bits per heavy atom. The molecule has 1 aromatic rings. The summed E-state index contributed by atoms with van der Waals surface area (Å²) in [5.74, 6) is 1.59. The van der Waals surface area contributed by atoms with Crippen molar-refractivity contribution in [3.05, 3.63) is 29.1 Å². The van der Waals surface area contributed by atoms with Gasteiger partial charge in [0.1, 0.15) is 0 Å². The number of allylic oxidation sites excluding steroid dienone is 1. The number of carbonyl (C=O) groups is 1. The fourth-order valence-electron chi connectivity index (χ4n) is 6.54. The number of anilines is 1. The van der Waals surface area contributed by atoms with Crippen LogP contribution in [0.5, 0.6) is 0 Å². The first-order valence-corrected chi connectivity index (χ1v) is 10.4. The van der Waals surface area contributed by atoms with E-state index in [0.29, 0.717) is 23.4 Å². The number of primary amides is 1. The zero-order valence-corrected chi connectivity index (χ0v) is 16.2. The summed E-state index contributed by atoms with van der Waals surface area (Å²) in [4.78, 5) is 16.5. The second kappa shape index (κ2) is 6.06. The average molecular weight is 367 g/mol. The minimum absolute atomic E-state index is 0.0788. The Morgan fingerprint density at radius 3 is 2.70 bits per heavy atom. The molecule has 2 unspecified atom stereocenters. The molecule has 4 saturated carbocycles. The third-order valence-electron chi connectivity index (χ3n) is 7.07. The van der Waals surface area contributed by atoms with Crippen molar-refractivity contribution in [2.75, 3.05) is 5.32 Å². The molecule has 144 valence electrons. The number of amides is 1. The summed E-state index contributed by atoms with van der Waals surface area (Å²) < 4.78 is 6.46. The SMILES string of the molecule is CC(C)OC12CC3CC(C1)C(Nc1c(C(N)=O)cnc4c1C=CC4)C(C3)C2. The lowest BCUT2D eigenvalue weighted by Crippen LogP contribution is -2.60. The molecule has 6 rings (SSSR count). The lowest BCUT2D eigenvalue weighted by molar-refractivity contribution is -0.183. The monoisotopic (exact) mass is 367 g/mol. The maximum absolute atomic E-state index is 12.0. The number of carbonyl (C=O) groups excluding carboxylic acids is 1. The number of hydrogen-bond donors (Lipinski definition) is 2. The van der Waals surface area contributed by atoms with Gasteiger partial charge in [-0.3, -0.25) is 9.78 Å². The molecule has 27 heavy (non-hydrogen) atoms. The van der Waals surface area contributed by atoms with Crippen molar-refractivity contribution in [3.8, 4) is 0 Å². The highest BCUT2D eigenvalue weighted by Gasteiger charge is 2.56. The molecule has 4 fully saturated rings. The van der Waals surface area contributed by atoms with Crippen LogP contribution in [0.15, 0.2) is 12.3 Å². The van der Waals surface area contributed by atoms with E-state index in [2.05, 4.69) is 36.3 Å². The standard InChI is InChI=1S/C22H29N3O2/c1-12(2)27-22-8-13-6-14(9-22)19(15(7-13)10-22)25-20-16-4-3-5-18(16)24-11-17(20)21(23)26/h3-4,11-15,19H,5-10H2,1-2H3,(H2,23,26)(H,24,25). The van der Waals surface area contributed by atoms with E-state index in [1.54, 1.807) is 6.20 Å². The number of nitrogens with zero attached hydrogens (tertiary/aromatic N) is 1. The smallest absolute Gasteiger partial charge is 0.252 e. The predicted molar refractivity (Wildman–Crippen MR) is 105 cm³/mol. The fraction of sp³-hybridized carbons (Fsp3) is 0.636. The third kappa shape index (κ3) is 2.78. The van der Waals surface area contributed by atoms with Crippen molar-refractivity contribution in [2.24, 2.45) is 23.5 Å². The van der Waals surface area contributed by atoms with Crippen LogP contribution in [-0.4, -0.2) is 28.6 Å². The molecule has 5 aliphatic carbocycles. The minimum atomic E-state index is -0.406. The second-order valence-electron chi connectivity index (χ2n) is 9.37. The molecule has 1 heterocycles. The first-order chi connectivity index (χ1) is 12.9. The van der Waals surface area contributed by atoms with Crippen LogP contribution in [0.2, 0.25) is 0 Å². The normalized spacial score (nSPS) is 35.7. The zero-order valence-electron chi connectivity index (χ0n) is 16.2. The molecule has 4 bridgehead atoms. The molecule has 0 spiro atoms. The van der Waals surface area contributed by atoms with E-state index in [-0.39, 0.29) is 11.7 Å². The van der Waals surface area contributed by atoms with E-state index in [0.717, 1.165) is 42.1 Å². The Labute approximate surface area is 160 Å². The Hall–Kier alpha value is -1.88. The summed E-state index contributed by atoms with van der Waals surface area (Å²) >= 11 is 0. The van der Waals surface area contributed by atoms with Gasteiger partial charge in [0.2, 0.25) is 0 Å². The maximum atomic E-state index is 12.0. The highest BCUT2D eigenvalue weighted by Crippen LogP contribution is 2.58. The van der Waals surface area contributed by atoms with Gasteiger partial charge in [-0.25, -0.2) is 0 Å². The summed E-state index contributed by atoms with van der Waals surface area (Å²) in [7, 11) is 0. The third-order valence-corrected chi connectivity index (χ3v) is 7.07. The molecule has 0 aromatic carbocycles. The number of nitrogens with two attached hydrogens (primary N) is 1. The molecule has 5 aliphatic rings. The molecule has 3 N–H and O–H groups in total. The van der Waals surface area contributed by atoms with E-state index in [9.17, 15) is 4.79 Å². The highest BCUT2D eigenvalue weighted by atomic mass is 16.5. The van der Waals surface area contributed by atoms with Crippen LogP contribution in [-0.2, 0) is 11.2 Å². The van der Waals surface area contributed by atoms with Gasteiger partial charge >= 0.3 is 0 Å². The largest absolute Gasteiger partial charge is 0.381 e. The number of rotatable bonds is 5. The summed E-state index contributed by atoms with van der Waals surface area (Å²) in [6.45, 7) is 4.31. The van der Waals surface area contributed by atoms with Crippen LogP contribution in [0.3, 0.4) is 0 Å². The Balaban J connectivity index is 1.46. The molecule has 0 aliphatic heterocycles. The quantitative estimate of drug-likeness (QED) is 0.834. The molecular weight excluding hydrogens is 338 g/mol. The molecule has 1 amide bonds. The molecule has 0 saturated heterocycles. The van der Waals surface area contributed by atoms with Gasteiger partial charge in [-0.2, -0.15) is 0 Å². The van der Waals surface area contributed by atoms with Gasteiger partial charge in [0.05, 0.1) is 28.6 Å². The van der Waals surface area contributed by atoms with Crippen LogP contribution >= 0.6 is 0 Å². The molecule has 1 aromatic heterocycles. The molecule has 5 heteroatoms. The summed E-state index contributed by atoms with van der Waals surface area (Å²) in [6.07, 6.45) is 13.0. The molecule has 0 radical (unpaired) electrons. The van der Waals surface area contributed by atoms with Gasteiger partial charge in [-0.05, 0) is 63.7 Å². The minimum Gasteiger partial charge on any atom is -0.381 e. The van der Waals surface area contributed by atoms with E-state index < -0.39 is 5.91 Å². The van der Waals surface area contributed by atoms with E-state index >= 15 is 0 Å². The molecule has 5 nitrogen and oxygen atoms in total. The van der Waals surface area contributed by atoms with E-state index in [1.165, 1.54) is 19.3 Å². The Bertz CT molecular complexity index is 796. The predicted octanol–water partition coefficient (Wildman–Crippen LogP) is 3.53. The topological polar surface area (TPSA) is 77.2 Å². The van der Waals surface area contributed by atoms with Crippen LogP contribution < -0.4 is 11.1 Å². The fourth-order valence-corrected chi connectivity index (χ4v) is 6.54. The van der Waals surface area contributed by atoms with Crippen molar-refractivity contribution in [3.63, 3.8) is 0 Å². The first-order valence-electron chi connectivity index (χ1n) is 10.4. The Kier molecular flexibility index (Phi) is 3.87. The molecular formula is C22H29N3O2. The molecule has 2 atom stereocenters. The number of fused-ring (bicyclic) bond motifs is 1. The number of ether oxygens (including phenoxy) is 1. The summed E-state index contributed by atoms with van der Waals surface area (Å²) in [5.41, 5.74) is 9.25. The van der Waals surface area contributed by atoms with Crippen LogP contribution in [0.25, 0.3) is 6.08 Å². The Morgan fingerprint density at radius 2 is 2.04 bits per heavy atom. The lowest BCUT2D eigenvalue weighted by atomic mass is 9.52. The van der Waals surface area contributed by atoms with Crippen molar-refractivity contribution in [1.82, 2.24) is 4.98 Å². The van der Waals surface area contributed by atoms with Gasteiger partial charge in [-0.15, -0.1) is 0 Å². The van der Waals surface area contributed by atoms with Crippen molar-refractivity contribution in [2.45, 2.75) is 70.1 Å². The number of nitrogens with one attached hydrogen (secondary N) is 1. The summed E-state index contributed by atoms with van der Waals surface area (Å²) in [5, 5.41) is 3.80. The van der Waals surface area contributed by atoms with Gasteiger partial charge in [-0.1, -0.05) is 12.2 Å². The van der Waals surface area contributed by atoms with Gasteiger partial charge in [0.25, 0.3) is 5.91 Å². The van der Waals surface area contributed by atoms with Gasteiger partial charge < -0.3 is 15.8 Å².